The lowest BCUT2D eigenvalue weighted by Gasteiger charge is -2.37. The fraction of sp³-hybridized carbons (Fsp3) is 0.393. The van der Waals surface area contributed by atoms with Gasteiger partial charge in [0.25, 0.3) is 5.91 Å². The van der Waals surface area contributed by atoms with E-state index in [1.54, 1.807) is 24.4 Å². The lowest BCUT2D eigenvalue weighted by atomic mass is 9.99. The number of benzene rings is 1. The summed E-state index contributed by atoms with van der Waals surface area (Å²) in [6, 6.07) is 13.1. The summed E-state index contributed by atoms with van der Waals surface area (Å²) in [5.41, 5.74) is 3.25. The molecule has 36 heavy (non-hydrogen) atoms. The Kier molecular flexibility index (Phi) is 8.18. The predicted molar refractivity (Wildman–Crippen MR) is 138 cm³/mol. The summed E-state index contributed by atoms with van der Waals surface area (Å²) in [4.78, 5) is 26.4. The number of aliphatic hydroxyl groups excluding tert-OH is 1. The molecule has 8 nitrogen and oxygen atoms in total. The van der Waals surface area contributed by atoms with E-state index in [2.05, 4.69) is 21.8 Å². The van der Waals surface area contributed by atoms with E-state index < -0.39 is 0 Å². The maximum absolute atomic E-state index is 13.6. The van der Waals surface area contributed by atoms with Gasteiger partial charge in [-0.2, -0.15) is 0 Å². The van der Waals surface area contributed by atoms with Crippen LogP contribution in [0.5, 0.6) is 11.6 Å². The number of fused-ring (bicyclic) bond motifs is 1. The van der Waals surface area contributed by atoms with Crippen molar-refractivity contribution in [2.24, 2.45) is 5.92 Å². The van der Waals surface area contributed by atoms with Crippen molar-refractivity contribution in [2.75, 3.05) is 33.9 Å². The van der Waals surface area contributed by atoms with E-state index in [1.165, 1.54) is 0 Å². The molecule has 3 atom stereocenters. The van der Waals surface area contributed by atoms with Gasteiger partial charge in [-0.1, -0.05) is 25.1 Å². The first-order valence-corrected chi connectivity index (χ1v) is 12.2. The first-order chi connectivity index (χ1) is 17.4. The van der Waals surface area contributed by atoms with Gasteiger partial charge in [0.2, 0.25) is 5.88 Å². The van der Waals surface area contributed by atoms with Gasteiger partial charge >= 0.3 is 0 Å². The van der Waals surface area contributed by atoms with Crippen LogP contribution in [0.3, 0.4) is 0 Å². The largest absolute Gasteiger partial charge is 0.497 e. The minimum absolute atomic E-state index is 0.0236. The average molecular weight is 491 g/mol. The van der Waals surface area contributed by atoms with Gasteiger partial charge in [0.1, 0.15) is 17.4 Å². The second-order valence-corrected chi connectivity index (χ2v) is 9.49. The number of ether oxygens (including phenoxy) is 2. The molecule has 0 aliphatic carbocycles. The monoisotopic (exact) mass is 490 g/mol. The van der Waals surface area contributed by atoms with Crippen molar-refractivity contribution in [2.45, 2.75) is 32.5 Å². The van der Waals surface area contributed by atoms with Crippen LogP contribution in [0.25, 0.3) is 11.1 Å². The zero-order valence-corrected chi connectivity index (χ0v) is 21.3. The molecule has 1 aliphatic heterocycles. The van der Waals surface area contributed by atoms with E-state index >= 15 is 0 Å². The molecule has 1 aromatic carbocycles. The van der Waals surface area contributed by atoms with Gasteiger partial charge in [0.15, 0.2) is 0 Å². The molecule has 0 unspecified atom stereocenters. The smallest absolute Gasteiger partial charge is 0.259 e. The highest BCUT2D eigenvalue weighted by atomic mass is 16.5. The molecule has 0 saturated carbocycles. The number of carbonyl (C=O) groups is 1. The second-order valence-electron chi connectivity index (χ2n) is 9.49. The normalized spacial score (nSPS) is 18.7. The molecular weight excluding hydrogens is 456 g/mol. The Labute approximate surface area is 212 Å². The van der Waals surface area contributed by atoms with Crippen molar-refractivity contribution in [1.29, 1.82) is 0 Å². The van der Waals surface area contributed by atoms with Crippen molar-refractivity contribution in [3.05, 3.63) is 72.2 Å². The van der Waals surface area contributed by atoms with Crippen LogP contribution in [0.2, 0.25) is 0 Å². The zero-order chi connectivity index (χ0) is 25.7. The average Bonchev–Trinajstić information content (AvgIpc) is 2.90. The molecule has 2 aromatic heterocycles. The highest BCUT2D eigenvalue weighted by Gasteiger charge is 2.34. The van der Waals surface area contributed by atoms with Gasteiger partial charge in [-0.15, -0.1) is 0 Å². The topological polar surface area (TPSA) is 88.0 Å². The lowest BCUT2D eigenvalue weighted by Crippen LogP contribution is -2.49. The van der Waals surface area contributed by atoms with Crippen LogP contribution < -0.4 is 9.47 Å². The van der Waals surface area contributed by atoms with E-state index in [9.17, 15) is 9.90 Å². The summed E-state index contributed by atoms with van der Waals surface area (Å²) >= 11 is 0. The SMILES string of the molecule is COc1ccc(-c2cnc3c(c2)C(=O)N([C@H](C)CO)C[C@H](C)[C@@H](CN(C)Cc2cccnc2)O3)cc1. The molecule has 1 N–H and O–H groups in total. The first kappa shape index (κ1) is 25.6. The highest BCUT2D eigenvalue weighted by molar-refractivity contribution is 5.98. The molecule has 0 saturated heterocycles. The summed E-state index contributed by atoms with van der Waals surface area (Å²) in [7, 11) is 3.67. The van der Waals surface area contributed by atoms with E-state index in [0.29, 0.717) is 24.5 Å². The van der Waals surface area contributed by atoms with Crippen LogP contribution >= 0.6 is 0 Å². The molecule has 0 spiro atoms. The highest BCUT2D eigenvalue weighted by Crippen LogP contribution is 2.31. The second kappa shape index (κ2) is 11.5. The zero-order valence-electron chi connectivity index (χ0n) is 21.3. The maximum atomic E-state index is 13.6. The van der Waals surface area contributed by atoms with Crippen LogP contribution in [0.4, 0.5) is 0 Å². The number of pyridine rings is 2. The van der Waals surface area contributed by atoms with E-state index in [1.807, 2.05) is 62.6 Å². The molecule has 3 aromatic rings. The molecule has 0 bridgehead atoms. The summed E-state index contributed by atoms with van der Waals surface area (Å²) in [6.45, 7) is 5.66. The Bertz CT molecular complexity index is 1160. The van der Waals surface area contributed by atoms with Gasteiger partial charge in [-0.25, -0.2) is 4.98 Å². The number of likely N-dealkylation sites (N-methyl/N-ethyl adjacent to an activating group) is 1. The number of aliphatic hydroxyl groups is 1. The maximum Gasteiger partial charge on any atom is 0.259 e. The fourth-order valence-electron chi connectivity index (χ4n) is 4.44. The molecule has 4 rings (SSSR count). The van der Waals surface area contributed by atoms with Gasteiger partial charge in [0, 0.05) is 49.7 Å². The molecule has 1 amide bonds. The van der Waals surface area contributed by atoms with Crippen molar-refractivity contribution in [3.8, 4) is 22.8 Å². The Morgan fingerprint density at radius 3 is 2.67 bits per heavy atom. The third-order valence-corrected chi connectivity index (χ3v) is 6.61. The standard InChI is InChI=1S/C28H34N4O4/c1-19-15-32(20(2)18-33)28(34)25-12-23(22-7-9-24(35-4)10-8-22)14-30-27(25)36-26(19)17-31(3)16-21-6-5-11-29-13-21/h5-14,19-20,26,33H,15-18H2,1-4H3/t19-,20+,26+/m0/s1. The molecule has 1 aliphatic rings. The van der Waals surface area contributed by atoms with Crippen LogP contribution in [0.1, 0.15) is 29.8 Å². The molecule has 3 heterocycles. The number of methoxy groups -OCH3 is 1. The third kappa shape index (κ3) is 5.83. The first-order valence-electron chi connectivity index (χ1n) is 12.2. The quantitative estimate of drug-likeness (QED) is 0.517. The van der Waals surface area contributed by atoms with Crippen LogP contribution in [-0.2, 0) is 6.54 Å². The van der Waals surface area contributed by atoms with E-state index in [-0.39, 0.29) is 30.6 Å². The molecule has 8 heteroatoms. The van der Waals surface area contributed by atoms with Crippen LogP contribution in [0, 0.1) is 5.92 Å². The van der Waals surface area contributed by atoms with Crippen molar-refractivity contribution in [3.63, 3.8) is 0 Å². The number of amides is 1. The summed E-state index contributed by atoms with van der Waals surface area (Å²) in [5, 5.41) is 9.89. The minimum atomic E-state index is -0.329. The van der Waals surface area contributed by atoms with Crippen molar-refractivity contribution < 1.29 is 19.4 Å². The Morgan fingerprint density at radius 2 is 2.00 bits per heavy atom. The number of carbonyl (C=O) groups excluding carboxylic acids is 1. The van der Waals surface area contributed by atoms with Crippen LogP contribution in [0.15, 0.2) is 61.1 Å². The molecule has 0 radical (unpaired) electrons. The number of nitrogens with zero attached hydrogens (tertiary/aromatic N) is 4. The van der Waals surface area contributed by atoms with Gasteiger partial charge in [-0.05, 0) is 49.4 Å². The summed E-state index contributed by atoms with van der Waals surface area (Å²) < 4.78 is 11.7. The predicted octanol–water partition coefficient (Wildman–Crippen LogP) is 3.50. The number of rotatable bonds is 8. The van der Waals surface area contributed by atoms with Crippen molar-refractivity contribution in [1.82, 2.24) is 19.8 Å². The Balaban J connectivity index is 1.65. The summed E-state index contributed by atoms with van der Waals surface area (Å²) in [6.07, 6.45) is 5.16. The minimum Gasteiger partial charge on any atom is -0.497 e. The number of aromatic nitrogens is 2. The number of hydrogen-bond acceptors (Lipinski definition) is 7. The Morgan fingerprint density at radius 1 is 1.22 bits per heavy atom. The number of hydrogen-bond donors (Lipinski definition) is 1. The third-order valence-electron chi connectivity index (χ3n) is 6.61. The lowest BCUT2D eigenvalue weighted by molar-refractivity contribution is 0.0325. The molecule has 190 valence electrons. The van der Waals surface area contributed by atoms with Crippen molar-refractivity contribution >= 4 is 5.91 Å². The van der Waals surface area contributed by atoms with Gasteiger partial charge < -0.3 is 19.5 Å². The molecule has 0 fully saturated rings. The van der Waals surface area contributed by atoms with E-state index in [4.69, 9.17) is 9.47 Å². The summed E-state index contributed by atoms with van der Waals surface area (Å²) in [5.74, 6) is 0.908. The van der Waals surface area contributed by atoms with Gasteiger partial charge in [-0.3, -0.25) is 14.7 Å². The fourth-order valence-corrected chi connectivity index (χ4v) is 4.44. The van der Waals surface area contributed by atoms with E-state index in [0.717, 1.165) is 29.0 Å². The van der Waals surface area contributed by atoms with Crippen LogP contribution in [-0.4, -0.2) is 76.8 Å². The van der Waals surface area contributed by atoms with Gasteiger partial charge in [0.05, 0.1) is 19.8 Å². The molecular formula is C28H34N4O4. The Hall–Kier alpha value is -3.49.